The van der Waals surface area contributed by atoms with Crippen LogP contribution in [0.25, 0.3) is 0 Å². The van der Waals surface area contributed by atoms with Gasteiger partial charge >= 0.3 is 0 Å². The lowest BCUT2D eigenvalue weighted by Gasteiger charge is -2.52. The molecule has 1 saturated heterocycles. The molecular weight excluding hydrogens is 220 g/mol. The Kier molecular flexibility index (Phi) is 3.91. The number of rotatable bonds is 5. The lowest BCUT2D eigenvalue weighted by molar-refractivity contribution is 0.173. The second-order valence-corrected chi connectivity index (χ2v) is 5.52. The molecule has 0 saturated carbocycles. The summed E-state index contributed by atoms with van der Waals surface area (Å²) in [6.45, 7) is 6.86. The highest BCUT2D eigenvalue weighted by molar-refractivity contribution is 5.54. The Balaban J connectivity index is 2.04. The molecule has 0 N–H and O–H groups in total. The van der Waals surface area contributed by atoms with E-state index >= 15 is 0 Å². The predicted molar refractivity (Wildman–Crippen MR) is 75.6 cm³/mol. The SMILES string of the molecule is CCCC1(CCC)CN(c2cccc(C#N)c2)C1. The van der Waals surface area contributed by atoms with E-state index < -0.39 is 0 Å². The summed E-state index contributed by atoms with van der Waals surface area (Å²) in [5.74, 6) is 0. The van der Waals surface area contributed by atoms with Gasteiger partial charge in [0.15, 0.2) is 0 Å². The van der Waals surface area contributed by atoms with E-state index in [1.807, 2.05) is 18.2 Å². The lowest BCUT2D eigenvalue weighted by Crippen LogP contribution is -2.56. The Bertz CT molecular complexity index is 431. The first-order chi connectivity index (χ1) is 8.73. The first-order valence-corrected chi connectivity index (χ1v) is 6.98. The molecule has 2 heteroatoms. The third kappa shape index (κ3) is 2.51. The standard InChI is InChI=1S/C16H22N2/c1-3-8-16(9-4-2)12-18(13-16)15-7-5-6-14(10-15)11-17/h5-7,10H,3-4,8-9,12-13H2,1-2H3. The van der Waals surface area contributed by atoms with Crippen molar-refractivity contribution in [3.63, 3.8) is 0 Å². The smallest absolute Gasteiger partial charge is 0.0992 e. The van der Waals surface area contributed by atoms with Crippen LogP contribution in [0.4, 0.5) is 5.69 Å². The van der Waals surface area contributed by atoms with Crippen molar-refractivity contribution in [2.45, 2.75) is 39.5 Å². The number of nitriles is 1. The van der Waals surface area contributed by atoms with Crippen LogP contribution in [0.2, 0.25) is 0 Å². The van der Waals surface area contributed by atoms with E-state index in [1.165, 1.54) is 31.4 Å². The molecule has 0 amide bonds. The number of hydrogen-bond donors (Lipinski definition) is 0. The molecule has 0 atom stereocenters. The van der Waals surface area contributed by atoms with Crippen LogP contribution < -0.4 is 4.90 Å². The molecule has 0 aromatic heterocycles. The van der Waals surface area contributed by atoms with E-state index in [4.69, 9.17) is 5.26 Å². The van der Waals surface area contributed by atoms with E-state index in [2.05, 4.69) is 30.9 Å². The quantitative estimate of drug-likeness (QED) is 0.781. The fourth-order valence-corrected chi connectivity index (χ4v) is 3.22. The summed E-state index contributed by atoms with van der Waals surface area (Å²) in [4.78, 5) is 2.41. The molecular formula is C16H22N2. The molecule has 1 aliphatic rings. The van der Waals surface area contributed by atoms with Gasteiger partial charge in [-0.15, -0.1) is 0 Å². The van der Waals surface area contributed by atoms with Crippen molar-refractivity contribution in [2.75, 3.05) is 18.0 Å². The summed E-state index contributed by atoms with van der Waals surface area (Å²) in [5.41, 5.74) is 2.50. The maximum Gasteiger partial charge on any atom is 0.0992 e. The summed E-state index contributed by atoms with van der Waals surface area (Å²) in [6.07, 6.45) is 5.20. The number of hydrogen-bond acceptors (Lipinski definition) is 2. The van der Waals surface area contributed by atoms with Crippen molar-refractivity contribution in [3.05, 3.63) is 29.8 Å². The van der Waals surface area contributed by atoms with Crippen LogP contribution >= 0.6 is 0 Å². The van der Waals surface area contributed by atoms with Crippen molar-refractivity contribution in [3.8, 4) is 6.07 Å². The molecule has 1 aromatic rings. The number of nitrogens with zero attached hydrogens (tertiary/aromatic N) is 2. The zero-order valence-corrected chi connectivity index (χ0v) is 11.4. The summed E-state index contributed by atoms with van der Waals surface area (Å²) >= 11 is 0. The zero-order valence-electron chi connectivity index (χ0n) is 11.4. The van der Waals surface area contributed by atoms with E-state index in [0.29, 0.717) is 5.41 Å². The van der Waals surface area contributed by atoms with Crippen LogP contribution in [-0.4, -0.2) is 13.1 Å². The van der Waals surface area contributed by atoms with E-state index in [-0.39, 0.29) is 0 Å². The minimum atomic E-state index is 0.534. The molecule has 0 radical (unpaired) electrons. The van der Waals surface area contributed by atoms with Crippen LogP contribution in [0.5, 0.6) is 0 Å². The third-order valence-corrected chi connectivity index (χ3v) is 3.95. The Labute approximate surface area is 110 Å². The molecule has 1 aliphatic heterocycles. The molecule has 0 bridgehead atoms. The maximum atomic E-state index is 8.94. The van der Waals surface area contributed by atoms with Crippen LogP contribution in [0, 0.1) is 16.7 Å². The van der Waals surface area contributed by atoms with Gasteiger partial charge in [0, 0.05) is 24.2 Å². The Morgan fingerprint density at radius 3 is 2.44 bits per heavy atom. The van der Waals surface area contributed by atoms with Gasteiger partial charge in [-0.25, -0.2) is 0 Å². The molecule has 1 heterocycles. The minimum Gasteiger partial charge on any atom is -0.370 e. The van der Waals surface area contributed by atoms with E-state index in [9.17, 15) is 0 Å². The van der Waals surface area contributed by atoms with Crippen LogP contribution in [0.15, 0.2) is 24.3 Å². The van der Waals surface area contributed by atoms with Gasteiger partial charge in [0.2, 0.25) is 0 Å². The Morgan fingerprint density at radius 1 is 1.22 bits per heavy atom. The van der Waals surface area contributed by atoms with Gasteiger partial charge in [0.25, 0.3) is 0 Å². The van der Waals surface area contributed by atoms with Crippen molar-refractivity contribution in [1.29, 1.82) is 5.26 Å². The average Bonchev–Trinajstić information content (AvgIpc) is 2.35. The fourth-order valence-electron chi connectivity index (χ4n) is 3.22. The lowest BCUT2D eigenvalue weighted by atomic mass is 9.72. The Hall–Kier alpha value is -1.49. The van der Waals surface area contributed by atoms with Crippen LogP contribution in [0.3, 0.4) is 0 Å². The second kappa shape index (κ2) is 5.44. The second-order valence-electron chi connectivity index (χ2n) is 5.52. The van der Waals surface area contributed by atoms with Gasteiger partial charge in [-0.1, -0.05) is 32.8 Å². The van der Waals surface area contributed by atoms with Crippen molar-refractivity contribution in [1.82, 2.24) is 0 Å². The summed E-state index contributed by atoms with van der Waals surface area (Å²) in [5, 5.41) is 8.94. The van der Waals surface area contributed by atoms with Gasteiger partial charge in [-0.2, -0.15) is 5.26 Å². The van der Waals surface area contributed by atoms with Crippen LogP contribution in [-0.2, 0) is 0 Å². The normalized spacial score (nSPS) is 17.1. The molecule has 0 spiro atoms. The molecule has 0 unspecified atom stereocenters. The van der Waals surface area contributed by atoms with Crippen LogP contribution in [0.1, 0.15) is 45.1 Å². The number of benzene rings is 1. The van der Waals surface area contributed by atoms with Gasteiger partial charge in [0.1, 0.15) is 0 Å². The predicted octanol–water partition coefficient (Wildman–Crippen LogP) is 3.96. The summed E-state index contributed by atoms with van der Waals surface area (Å²) in [6, 6.07) is 10.2. The first kappa shape index (κ1) is 13.0. The van der Waals surface area contributed by atoms with Crippen molar-refractivity contribution >= 4 is 5.69 Å². The summed E-state index contributed by atoms with van der Waals surface area (Å²) in [7, 11) is 0. The van der Waals surface area contributed by atoms with E-state index in [0.717, 1.165) is 18.7 Å². The topological polar surface area (TPSA) is 27.0 Å². The Morgan fingerprint density at radius 2 is 1.89 bits per heavy atom. The van der Waals surface area contributed by atoms with Gasteiger partial charge < -0.3 is 4.90 Å². The highest BCUT2D eigenvalue weighted by Crippen LogP contribution is 2.41. The average molecular weight is 242 g/mol. The highest BCUT2D eigenvalue weighted by atomic mass is 15.2. The first-order valence-electron chi connectivity index (χ1n) is 6.98. The molecule has 0 aliphatic carbocycles. The molecule has 2 nitrogen and oxygen atoms in total. The minimum absolute atomic E-state index is 0.534. The molecule has 1 aromatic carbocycles. The molecule has 2 rings (SSSR count). The van der Waals surface area contributed by atoms with Gasteiger partial charge in [0.05, 0.1) is 11.6 Å². The van der Waals surface area contributed by atoms with Gasteiger partial charge in [-0.05, 0) is 31.0 Å². The molecule has 96 valence electrons. The van der Waals surface area contributed by atoms with Gasteiger partial charge in [-0.3, -0.25) is 0 Å². The monoisotopic (exact) mass is 242 g/mol. The molecule has 1 fully saturated rings. The maximum absolute atomic E-state index is 8.94. The fraction of sp³-hybridized carbons (Fsp3) is 0.562. The van der Waals surface area contributed by atoms with Crippen molar-refractivity contribution in [2.24, 2.45) is 5.41 Å². The van der Waals surface area contributed by atoms with Crippen molar-refractivity contribution < 1.29 is 0 Å². The summed E-state index contributed by atoms with van der Waals surface area (Å²) < 4.78 is 0. The number of anilines is 1. The zero-order chi connectivity index (χ0) is 13.0. The largest absolute Gasteiger partial charge is 0.370 e. The van der Waals surface area contributed by atoms with E-state index in [1.54, 1.807) is 0 Å². The third-order valence-electron chi connectivity index (χ3n) is 3.95. The highest BCUT2D eigenvalue weighted by Gasteiger charge is 2.41. The molecule has 18 heavy (non-hydrogen) atoms.